The molecule has 0 saturated carbocycles. The maximum Gasteiger partial charge on any atom is 0.172 e. The predicted octanol–water partition coefficient (Wildman–Crippen LogP) is 3.69. The summed E-state index contributed by atoms with van der Waals surface area (Å²) >= 11 is 2.26. The monoisotopic (exact) mass is 368 g/mol. The SMILES string of the molecule is COc1cccc(C=O)c1OCc1ccccc1I. The molecule has 3 nitrogen and oxygen atoms in total. The number of hydrogen-bond acceptors (Lipinski definition) is 3. The van der Waals surface area contributed by atoms with Gasteiger partial charge in [0.05, 0.1) is 12.7 Å². The summed E-state index contributed by atoms with van der Waals surface area (Å²) in [6, 6.07) is 13.2. The van der Waals surface area contributed by atoms with E-state index in [4.69, 9.17) is 9.47 Å². The highest BCUT2D eigenvalue weighted by Crippen LogP contribution is 2.31. The molecule has 0 heterocycles. The lowest BCUT2D eigenvalue weighted by molar-refractivity contribution is 0.111. The van der Waals surface area contributed by atoms with Crippen LogP contribution in [0.5, 0.6) is 11.5 Å². The highest BCUT2D eigenvalue weighted by atomic mass is 127. The maximum atomic E-state index is 11.0. The molecule has 0 spiro atoms. The molecule has 0 unspecified atom stereocenters. The summed E-state index contributed by atoms with van der Waals surface area (Å²) in [6.45, 7) is 0.403. The van der Waals surface area contributed by atoms with Crippen LogP contribution in [-0.4, -0.2) is 13.4 Å². The number of aldehydes is 1. The summed E-state index contributed by atoms with van der Waals surface area (Å²) < 4.78 is 12.1. The molecule has 0 N–H and O–H groups in total. The van der Waals surface area contributed by atoms with E-state index in [0.717, 1.165) is 15.4 Å². The minimum absolute atomic E-state index is 0.403. The van der Waals surface area contributed by atoms with Crippen molar-refractivity contribution in [3.8, 4) is 11.5 Å². The van der Waals surface area contributed by atoms with E-state index in [9.17, 15) is 4.79 Å². The lowest BCUT2D eigenvalue weighted by Crippen LogP contribution is -2.02. The van der Waals surface area contributed by atoms with E-state index in [1.54, 1.807) is 25.3 Å². The number of carbonyl (C=O) groups is 1. The highest BCUT2D eigenvalue weighted by Gasteiger charge is 2.10. The summed E-state index contributed by atoms with van der Waals surface area (Å²) in [6.07, 6.45) is 0.772. The van der Waals surface area contributed by atoms with Crippen molar-refractivity contribution in [2.45, 2.75) is 6.61 Å². The van der Waals surface area contributed by atoms with Crippen LogP contribution in [0.2, 0.25) is 0 Å². The van der Waals surface area contributed by atoms with E-state index < -0.39 is 0 Å². The summed E-state index contributed by atoms with van der Waals surface area (Å²) in [5.41, 5.74) is 1.57. The second-order valence-electron chi connectivity index (χ2n) is 3.88. The molecule has 0 amide bonds. The number of methoxy groups -OCH3 is 1. The fourth-order valence-electron chi connectivity index (χ4n) is 1.71. The maximum absolute atomic E-state index is 11.0. The Labute approximate surface area is 125 Å². The summed E-state index contributed by atoms with van der Waals surface area (Å²) in [5.74, 6) is 1.05. The van der Waals surface area contributed by atoms with Gasteiger partial charge in [-0.25, -0.2) is 0 Å². The van der Waals surface area contributed by atoms with Crippen molar-refractivity contribution < 1.29 is 14.3 Å². The van der Waals surface area contributed by atoms with Crippen molar-refractivity contribution in [2.75, 3.05) is 7.11 Å². The first-order chi connectivity index (χ1) is 9.26. The van der Waals surface area contributed by atoms with E-state index in [-0.39, 0.29) is 0 Å². The lowest BCUT2D eigenvalue weighted by atomic mass is 10.2. The van der Waals surface area contributed by atoms with Crippen molar-refractivity contribution in [3.63, 3.8) is 0 Å². The lowest BCUT2D eigenvalue weighted by Gasteiger charge is -2.13. The van der Waals surface area contributed by atoms with Crippen molar-refractivity contribution in [3.05, 3.63) is 57.2 Å². The molecule has 0 atom stereocenters. The molecule has 98 valence electrons. The molecule has 0 aliphatic heterocycles. The van der Waals surface area contributed by atoms with Gasteiger partial charge in [0.25, 0.3) is 0 Å². The number of para-hydroxylation sites is 1. The predicted molar refractivity (Wildman–Crippen MR) is 81.9 cm³/mol. The van der Waals surface area contributed by atoms with Crippen LogP contribution in [0.1, 0.15) is 15.9 Å². The zero-order chi connectivity index (χ0) is 13.7. The van der Waals surface area contributed by atoms with Gasteiger partial charge in [-0.1, -0.05) is 24.3 Å². The van der Waals surface area contributed by atoms with Crippen LogP contribution in [0.3, 0.4) is 0 Å². The first-order valence-electron chi connectivity index (χ1n) is 5.74. The first kappa shape index (κ1) is 13.9. The minimum atomic E-state index is 0.403. The number of hydrogen-bond donors (Lipinski definition) is 0. The van der Waals surface area contributed by atoms with E-state index in [2.05, 4.69) is 22.6 Å². The number of rotatable bonds is 5. The Morgan fingerprint density at radius 3 is 2.63 bits per heavy atom. The van der Waals surface area contributed by atoms with Gasteiger partial charge in [-0.15, -0.1) is 0 Å². The van der Waals surface area contributed by atoms with Crippen LogP contribution in [0, 0.1) is 3.57 Å². The summed E-state index contributed by atoms with van der Waals surface area (Å²) in [5, 5.41) is 0. The molecule has 2 aromatic rings. The molecule has 0 bridgehead atoms. The normalized spacial score (nSPS) is 10.0. The molecule has 0 fully saturated rings. The van der Waals surface area contributed by atoms with E-state index >= 15 is 0 Å². The van der Waals surface area contributed by atoms with Crippen molar-refractivity contribution in [2.24, 2.45) is 0 Å². The average molecular weight is 368 g/mol. The fraction of sp³-hybridized carbons (Fsp3) is 0.133. The van der Waals surface area contributed by atoms with E-state index in [0.29, 0.717) is 23.7 Å². The highest BCUT2D eigenvalue weighted by molar-refractivity contribution is 14.1. The third-order valence-electron chi connectivity index (χ3n) is 2.69. The third-order valence-corrected chi connectivity index (χ3v) is 3.74. The molecule has 19 heavy (non-hydrogen) atoms. The molecular formula is C15H13IO3. The van der Waals surface area contributed by atoms with Crippen molar-refractivity contribution in [1.82, 2.24) is 0 Å². The van der Waals surface area contributed by atoms with Crippen molar-refractivity contribution in [1.29, 1.82) is 0 Å². The number of ether oxygens (including phenoxy) is 2. The Morgan fingerprint density at radius 2 is 1.95 bits per heavy atom. The zero-order valence-electron chi connectivity index (χ0n) is 10.4. The van der Waals surface area contributed by atoms with Gasteiger partial charge in [-0.2, -0.15) is 0 Å². The summed E-state index contributed by atoms with van der Waals surface area (Å²) in [7, 11) is 1.56. The van der Waals surface area contributed by atoms with Gasteiger partial charge in [0.1, 0.15) is 6.61 Å². The van der Waals surface area contributed by atoms with Crippen LogP contribution in [-0.2, 0) is 6.61 Å². The van der Waals surface area contributed by atoms with Crippen LogP contribution < -0.4 is 9.47 Å². The smallest absolute Gasteiger partial charge is 0.172 e. The van der Waals surface area contributed by atoms with Gasteiger partial charge in [0.15, 0.2) is 17.8 Å². The number of carbonyl (C=O) groups excluding carboxylic acids is 1. The van der Waals surface area contributed by atoms with Gasteiger partial charge < -0.3 is 9.47 Å². The molecule has 2 aromatic carbocycles. The first-order valence-corrected chi connectivity index (χ1v) is 6.82. The minimum Gasteiger partial charge on any atom is -0.493 e. The Kier molecular flexibility index (Phi) is 4.79. The standard InChI is InChI=1S/C15H13IO3/c1-18-14-8-4-6-11(9-17)15(14)19-10-12-5-2-3-7-13(12)16/h2-9H,10H2,1H3. The number of halogens is 1. The second-order valence-corrected chi connectivity index (χ2v) is 5.04. The molecule has 4 heteroatoms. The van der Waals surface area contributed by atoms with Gasteiger partial charge in [-0.3, -0.25) is 4.79 Å². The van der Waals surface area contributed by atoms with E-state index in [1.165, 1.54) is 0 Å². The van der Waals surface area contributed by atoms with Crippen LogP contribution in [0.25, 0.3) is 0 Å². The topological polar surface area (TPSA) is 35.5 Å². The molecule has 0 aliphatic carbocycles. The second kappa shape index (κ2) is 6.56. The van der Waals surface area contributed by atoms with Gasteiger partial charge in [0.2, 0.25) is 0 Å². The van der Waals surface area contributed by atoms with Gasteiger partial charge >= 0.3 is 0 Å². The average Bonchev–Trinajstić information content (AvgIpc) is 2.46. The molecular weight excluding hydrogens is 355 g/mol. The Balaban J connectivity index is 2.24. The zero-order valence-corrected chi connectivity index (χ0v) is 12.6. The molecule has 0 radical (unpaired) electrons. The Hall–Kier alpha value is -1.56. The molecule has 0 saturated heterocycles. The Bertz CT molecular complexity index is 581. The van der Waals surface area contributed by atoms with Crippen LogP contribution in [0.4, 0.5) is 0 Å². The van der Waals surface area contributed by atoms with Crippen molar-refractivity contribution >= 4 is 28.9 Å². The van der Waals surface area contributed by atoms with E-state index in [1.807, 2.05) is 24.3 Å². The Morgan fingerprint density at radius 1 is 1.16 bits per heavy atom. The van der Waals surface area contributed by atoms with Crippen LogP contribution in [0.15, 0.2) is 42.5 Å². The van der Waals surface area contributed by atoms with Gasteiger partial charge in [0, 0.05) is 9.13 Å². The largest absolute Gasteiger partial charge is 0.493 e. The molecule has 2 rings (SSSR count). The number of benzene rings is 2. The van der Waals surface area contributed by atoms with Crippen LogP contribution >= 0.6 is 22.6 Å². The molecule has 0 aliphatic rings. The third kappa shape index (κ3) is 3.26. The fourth-order valence-corrected chi connectivity index (χ4v) is 2.25. The van der Waals surface area contributed by atoms with Gasteiger partial charge in [-0.05, 0) is 40.8 Å². The molecule has 0 aromatic heterocycles. The summed E-state index contributed by atoms with van der Waals surface area (Å²) in [4.78, 5) is 11.0. The quantitative estimate of drug-likeness (QED) is 0.597.